The number of aromatic nitrogens is 2. The molecule has 0 radical (unpaired) electrons. The van der Waals surface area contributed by atoms with Gasteiger partial charge in [-0.2, -0.15) is 5.10 Å². The number of aromatic amines is 1. The molecule has 3 rings (SSSR count). The van der Waals surface area contributed by atoms with E-state index in [4.69, 9.17) is 10.5 Å². The summed E-state index contributed by atoms with van der Waals surface area (Å²) in [5.41, 5.74) is 6.42. The number of carbonyl (C=O) groups is 1. The first-order chi connectivity index (χ1) is 13.9. The number of ether oxygens (including phenoxy) is 1. The number of nitrogens with zero attached hydrogens (tertiary/aromatic N) is 1. The summed E-state index contributed by atoms with van der Waals surface area (Å²) in [5, 5.41) is 12.3. The average Bonchev–Trinajstić information content (AvgIpc) is 3.15. The number of nitrogens with one attached hydrogen (secondary N) is 3. The number of hydrogen-bond acceptors (Lipinski definition) is 4. The van der Waals surface area contributed by atoms with Crippen LogP contribution in [-0.2, 0) is 4.74 Å². The number of halogens is 2. The Balaban J connectivity index is 1.44. The van der Waals surface area contributed by atoms with Crippen molar-refractivity contribution in [1.29, 1.82) is 0 Å². The molecule has 1 aliphatic carbocycles. The van der Waals surface area contributed by atoms with Crippen LogP contribution in [0.3, 0.4) is 0 Å². The normalized spacial score (nSPS) is 20.1. The van der Waals surface area contributed by atoms with Crippen molar-refractivity contribution in [3.8, 4) is 0 Å². The van der Waals surface area contributed by atoms with E-state index >= 15 is 0 Å². The molecule has 9 heteroatoms. The Bertz CT molecular complexity index is 849. The third kappa shape index (κ3) is 5.54. The van der Waals surface area contributed by atoms with Crippen molar-refractivity contribution in [3.05, 3.63) is 54.0 Å². The predicted molar refractivity (Wildman–Crippen MR) is 106 cm³/mol. The smallest absolute Gasteiger partial charge is 0.317 e. The van der Waals surface area contributed by atoms with Crippen LogP contribution in [0.4, 0.5) is 19.4 Å². The number of H-pyrrole nitrogens is 1. The van der Waals surface area contributed by atoms with E-state index in [2.05, 4.69) is 27.4 Å². The molecule has 2 amide bonds. The highest BCUT2D eigenvalue weighted by atomic mass is 19.1. The Hall–Kier alpha value is -2.94. The van der Waals surface area contributed by atoms with Crippen molar-refractivity contribution >= 4 is 17.5 Å². The number of alkyl halides is 1. The number of benzene rings is 1. The molecule has 1 saturated carbocycles. The fraction of sp³-hybridized carbons (Fsp3) is 0.400. The minimum absolute atomic E-state index is 0.0274. The van der Waals surface area contributed by atoms with Crippen LogP contribution in [0.1, 0.15) is 43.0 Å². The monoisotopic (exact) mass is 405 g/mol. The standard InChI is InChI=1S/C20H25F2N5O2/c1-12(16-10-24-27-19(16)26-20(23)28)25-13-6-8-14(9-7-13)29-11-18(22)15-4-2-3-5-17(15)21/h2-5,10,13-14,18,25H,1,6-9,11H2,(H4,23,24,26,27,28). The van der Waals surface area contributed by atoms with Gasteiger partial charge in [0.1, 0.15) is 11.6 Å². The second-order valence-electron chi connectivity index (χ2n) is 7.07. The summed E-state index contributed by atoms with van der Waals surface area (Å²) in [6, 6.07) is 5.31. The number of carbonyl (C=O) groups excluding carboxylic acids is 1. The van der Waals surface area contributed by atoms with E-state index in [1.54, 1.807) is 12.3 Å². The number of primary amides is 1. The maximum atomic E-state index is 14.2. The van der Waals surface area contributed by atoms with Gasteiger partial charge in [-0.05, 0) is 31.7 Å². The van der Waals surface area contributed by atoms with Crippen molar-refractivity contribution in [2.24, 2.45) is 5.73 Å². The van der Waals surface area contributed by atoms with Gasteiger partial charge in [0.15, 0.2) is 6.17 Å². The molecule has 0 saturated heterocycles. The van der Waals surface area contributed by atoms with Gasteiger partial charge in [0, 0.05) is 17.3 Å². The van der Waals surface area contributed by atoms with Crippen molar-refractivity contribution in [1.82, 2.24) is 15.5 Å². The first kappa shape index (κ1) is 20.8. The Kier molecular flexibility index (Phi) is 6.82. The lowest BCUT2D eigenvalue weighted by Gasteiger charge is -2.30. The van der Waals surface area contributed by atoms with E-state index in [1.807, 2.05) is 0 Å². The van der Waals surface area contributed by atoms with E-state index in [1.165, 1.54) is 18.2 Å². The van der Waals surface area contributed by atoms with Gasteiger partial charge in [-0.25, -0.2) is 13.6 Å². The van der Waals surface area contributed by atoms with Crippen LogP contribution in [0.25, 0.3) is 5.70 Å². The lowest BCUT2D eigenvalue weighted by atomic mass is 9.92. The summed E-state index contributed by atoms with van der Waals surface area (Å²) in [4.78, 5) is 11.0. The van der Waals surface area contributed by atoms with Gasteiger partial charge in [0.05, 0.1) is 24.5 Å². The number of hydrogen-bond donors (Lipinski definition) is 4. The Labute approximate surface area is 167 Å². The van der Waals surface area contributed by atoms with Crippen molar-refractivity contribution in [2.75, 3.05) is 11.9 Å². The molecule has 1 heterocycles. The minimum Gasteiger partial charge on any atom is -0.382 e. The zero-order valence-electron chi connectivity index (χ0n) is 16.0. The van der Waals surface area contributed by atoms with Gasteiger partial charge in [0.2, 0.25) is 0 Å². The molecule has 1 aliphatic rings. The second kappa shape index (κ2) is 9.51. The molecular weight excluding hydrogens is 380 g/mol. The molecule has 1 aromatic carbocycles. The highest BCUT2D eigenvalue weighted by Crippen LogP contribution is 2.27. The Morgan fingerprint density at radius 1 is 1.34 bits per heavy atom. The molecule has 2 aromatic rings. The van der Waals surface area contributed by atoms with E-state index in [0.717, 1.165) is 25.7 Å². The van der Waals surface area contributed by atoms with Gasteiger partial charge in [-0.1, -0.05) is 24.8 Å². The first-order valence-corrected chi connectivity index (χ1v) is 9.49. The summed E-state index contributed by atoms with van der Waals surface area (Å²) in [7, 11) is 0. The third-order valence-corrected chi connectivity index (χ3v) is 4.99. The van der Waals surface area contributed by atoms with Gasteiger partial charge >= 0.3 is 6.03 Å². The SMILES string of the molecule is C=C(NC1CCC(OCC(F)c2ccccc2F)CC1)c1cn[nH]c1NC(N)=O. The number of anilines is 1. The zero-order valence-corrected chi connectivity index (χ0v) is 16.0. The van der Waals surface area contributed by atoms with Gasteiger partial charge in [-0.3, -0.25) is 10.4 Å². The molecule has 5 N–H and O–H groups in total. The lowest BCUT2D eigenvalue weighted by molar-refractivity contribution is -0.00513. The molecule has 156 valence electrons. The third-order valence-electron chi connectivity index (χ3n) is 4.99. The maximum Gasteiger partial charge on any atom is 0.317 e. The van der Waals surface area contributed by atoms with Crippen LogP contribution in [0, 0.1) is 5.82 Å². The largest absolute Gasteiger partial charge is 0.382 e. The second-order valence-corrected chi connectivity index (χ2v) is 7.07. The van der Waals surface area contributed by atoms with E-state index < -0.39 is 18.0 Å². The van der Waals surface area contributed by atoms with Crippen molar-refractivity contribution in [3.63, 3.8) is 0 Å². The number of nitrogens with two attached hydrogens (primary N) is 1. The number of rotatable bonds is 8. The van der Waals surface area contributed by atoms with Crippen molar-refractivity contribution in [2.45, 2.75) is 44.0 Å². The molecule has 1 unspecified atom stereocenters. The van der Waals surface area contributed by atoms with Crippen LogP contribution < -0.4 is 16.4 Å². The molecule has 1 atom stereocenters. The Morgan fingerprint density at radius 2 is 2.07 bits per heavy atom. The van der Waals surface area contributed by atoms with Crippen molar-refractivity contribution < 1.29 is 18.3 Å². The topological polar surface area (TPSA) is 105 Å². The lowest BCUT2D eigenvalue weighted by Crippen LogP contribution is -2.34. The zero-order chi connectivity index (χ0) is 20.8. The summed E-state index contributed by atoms with van der Waals surface area (Å²) < 4.78 is 33.6. The number of amides is 2. The van der Waals surface area contributed by atoms with Crippen LogP contribution in [0.2, 0.25) is 0 Å². The molecule has 0 bridgehead atoms. The predicted octanol–water partition coefficient (Wildman–Crippen LogP) is 3.64. The first-order valence-electron chi connectivity index (χ1n) is 9.49. The quantitative estimate of drug-likeness (QED) is 0.538. The van der Waals surface area contributed by atoms with Crippen LogP contribution in [-0.4, -0.2) is 35.0 Å². The molecule has 1 aromatic heterocycles. The molecular formula is C20H25F2N5O2. The molecule has 1 fully saturated rings. The highest BCUT2D eigenvalue weighted by Gasteiger charge is 2.24. The van der Waals surface area contributed by atoms with Gasteiger partial charge in [0.25, 0.3) is 0 Å². The number of urea groups is 1. The van der Waals surface area contributed by atoms with E-state index in [0.29, 0.717) is 17.1 Å². The van der Waals surface area contributed by atoms with Gasteiger partial charge < -0.3 is 15.8 Å². The maximum absolute atomic E-state index is 14.2. The fourth-order valence-electron chi connectivity index (χ4n) is 3.47. The van der Waals surface area contributed by atoms with Crippen LogP contribution in [0.15, 0.2) is 37.0 Å². The summed E-state index contributed by atoms with van der Waals surface area (Å²) in [6.45, 7) is 3.84. The Morgan fingerprint density at radius 3 is 2.76 bits per heavy atom. The fourth-order valence-corrected chi connectivity index (χ4v) is 3.47. The highest BCUT2D eigenvalue weighted by molar-refractivity contribution is 5.90. The summed E-state index contributed by atoms with van der Waals surface area (Å²) in [6.07, 6.45) is 3.16. The minimum atomic E-state index is -1.48. The molecule has 0 aliphatic heterocycles. The summed E-state index contributed by atoms with van der Waals surface area (Å²) >= 11 is 0. The molecule has 0 spiro atoms. The summed E-state index contributed by atoms with van der Waals surface area (Å²) in [5.74, 6) is -0.173. The molecule has 29 heavy (non-hydrogen) atoms. The van der Waals surface area contributed by atoms with Crippen LogP contribution >= 0.6 is 0 Å². The van der Waals surface area contributed by atoms with E-state index in [9.17, 15) is 13.6 Å². The van der Waals surface area contributed by atoms with Gasteiger partial charge in [-0.15, -0.1) is 0 Å². The van der Waals surface area contributed by atoms with Crippen LogP contribution in [0.5, 0.6) is 0 Å². The average molecular weight is 405 g/mol. The molecule has 7 nitrogen and oxygen atoms in total. The van der Waals surface area contributed by atoms with E-state index in [-0.39, 0.29) is 24.3 Å².